The standard InChI is InChI=1S/C13H21N3/c1-10-5-4-8-15-13(10)16-11(2)6-3-7-12(16)9-14/h4-5,8,11-12H,3,6-7,9,14H2,1-2H3. The Morgan fingerprint density at radius 3 is 3.00 bits per heavy atom. The molecular weight excluding hydrogens is 198 g/mol. The van der Waals surface area contributed by atoms with Gasteiger partial charge in [0, 0.05) is 24.8 Å². The Labute approximate surface area is 97.7 Å². The Kier molecular flexibility index (Phi) is 3.44. The van der Waals surface area contributed by atoms with Crippen LogP contribution in [0.3, 0.4) is 0 Å². The van der Waals surface area contributed by atoms with Crippen LogP contribution in [0.2, 0.25) is 0 Å². The highest BCUT2D eigenvalue weighted by molar-refractivity contribution is 5.48. The van der Waals surface area contributed by atoms with Gasteiger partial charge in [0.15, 0.2) is 0 Å². The average Bonchev–Trinajstić information content (AvgIpc) is 2.30. The number of hydrogen-bond acceptors (Lipinski definition) is 3. The summed E-state index contributed by atoms with van der Waals surface area (Å²) in [5, 5.41) is 0. The number of nitrogens with two attached hydrogens (primary N) is 1. The van der Waals surface area contributed by atoms with Crippen LogP contribution in [0.25, 0.3) is 0 Å². The first-order chi connectivity index (χ1) is 7.74. The van der Waals surface area contributed by atoms with Gasteiger partial charge in [0.25, 0.3) is 0 Å². The molecule has 1 aromatic heterocycles. The Morgan fingerprint density at radius 1 is 1.50 bits per heavy atom. The molecule has 1 aromatic rings. The summed E-state index contributed by atoms with van der Waals surface area (Å²) in [6, 6.07) is 5.12. The van der Waals surface area contributed by atoms with E-state index in [1.54, 1.807) is 0 Å². The molecule has 88 valence electrons. The summed E-state index contributed by atoms with van der Waals surface area (Å²) in [5.74, 6) is 1.12. The minimum absolute atomic E-state index is 0.456. The molecule has 2 N–H and O–H groups in total. The van der Waals surface area contributed by atoms with Gasteiger partial charge in [-0.3, -0.25) is 0 Å². The van der Waals surface area contributed by atoms with Crippen molar-refractivity contribution >= 4 is 5.82 Å². The van der Waals surface area contributed by atoms with Gasteiger partial charge in [-0.15, -0.1) is 0 Å². The summed E-state index contributed by atoms with van der Waals surface area (Å²) in [4.78, 5) is 6.94. The van der Waals surface area contributed by atoms with Crippen LogP contribution in [0.15, 0.2) is 18.3 Å². The average molecular weight is 219 g/mol. The first kappa shape index (κ1) is 11.4. The fraction of sp³-hybridized carbons (Fsp3) is 0.615. The maximum Gasteiger partial charge on any atom is 0.131 e. The zero-order valence-electron chi connectivity index (χ0n) is 10.2. The van der Waals surface area contributed by atoms with Crippen molar-refractivity contribution in [2.24, 2.45) is 5.73 Å². The number of piperidine rings is 1. The molecule has 3 nitrogen and oxygen atoms in total. The topological polar surface area (TPSA) is 42.2 Å². The van der Waals surface area contributed by atoms with Crippen molar-refractivity contribution in [2.45, 2.75) is 45.2 Å². The molecule has 3 heteroatoms. The van der Waals surface area contributed by atoms with Gasteiger partial charge in [0.1, 0.15) is 5.82 Å². The molecule has 1 saturated heterocycles. The molecule has 1 aliphatic rings. The predicted octanol–water partition coefficient (Wildman–Crippen LogP) is 2.10. The van der Waals surface area contributed by atoms with E-state index in [1.807, 2.05) is 12.3 Å². The molecule has 0 aliphatic carbocycles. The highest BCUT2D eigenvalue weighted by atomic mass is 15.2. The summed E-state index contributed by atoms with van der Waals surface area (Å²) >= 11 is 0. The van der Waals surface area contributed by atoms with Gasteiger partial charge in [-0.2, -0.15) is 0 Å². The molecule has 0 aromatic carbocycles. The third-order valence-corrected chi connectivity index (χ3v) is 3.53. The molecule has 16 heavy (non-hydrogen) atoms. The van der Waals surface area contributed by atoms with Crippen LogP contribution in [-0.2, 0) is 0 Å². The Balaban J connectivity index is 2.32. The zero-order chi connectivity index (χ0) is 11.5. The summed E-state index contributed by atoms with van der Waals surface area (Å²) in [7, 11) is 0. The molecule has 2 rings (SSSR count). The van der Waals surface area contributed by atoms with Crippen molar-refractivity contribution < 1.29 is 0 Å². The quantitative estimate of drug-likeness (QED) is 0.828. The molecule has 0 amide bonds. The van der Waals surface area contributed by atoms with Gasteiger partial charge in [0.2, 0.25) is 0 Å². The second-order valence-electron chi connectivity index (χ2n) is 4.72. The number of nitrogens with zero attached hydrogens (tertiary/aromatic N) is 2. The van der Waals surface area contributed by atoms with Crippen molar-refractivity contribution in [1.29, 1.82) is 0 Å². The van der Waals surface area contributed by atoms with Gasteiger partial charge in [-0.25, -0.2) is 4.98 Å². The van der Waals surface area contributed by atoms with E-state index in [4.69, 9.17) is 5.73 Å². The zero-order valence-corrected chi connectivity index (χ0v) is 10.2. The normalized spacial score (nSPS) is 25.8. The Morgan fingerprint density at radius 2 is 2.31 bits per heavy atom. The number of pyridine rings is 1. The van der Waals surface area contributed by atoms with E-state index in [1.165, 1.54) is 24.8 Å². The summed E-state index contributed by atoms with van der Waals surface area (Å²) in [6.45, 7) is 5.12. The number of hydrogen-bond donors (Lipinski definition) is 1. The summed E-state index contributed by atoms with van der Waals surface area (Å²) in [5.41, 5.74) is 7.12. The molecule has 2 unspecified atom stereocenters. The van der Waals surface area contributed by atoms with Crippen LogP contribution >= 0.6 is 0 Å². The van der Waals surface area contributed by atoms with E-state index < -0.39 is 0 Å². The SMILES string of the molecule is Cc1cccnc1N1C(C)CCCC1CN. The fourth-order valence-electron chi connectivity index (χ4n) is 2.65. The van der Waals surface area contributed by atoms with Crippen LogP contribution in [0, 0.1) is 6.92 Å². The molecule has 0 saturated carbocycles. The van der Waals surface area contributed by atoms with E-state index in [0.29, 0.717) is 12.1 Å². The third-order valence-electron chi connectivity index (χ3n) is 3.53. The van der Waals surface area contributed by atoms with Crippen LogP contribution in [0.1, 0.15) is 31.7 Å². The highest BCUT2D eigenvalue weighted by Gasteiger charge is 2.28. The van der Waals surface area contributed by atoms with Crippen LogP contribution in [0.4, 0.5) is 5.82 Å². The number of aryl methyl sites for hydroxylation is 1. The lowest BCUT2D eigenvalue weighted by Crippen LogP contribution is -2.49. The molecule has 1 fully saturated rings. The van der Waals surface area contributed by atoms with Crippen LogP contribution in [-0.4, -0.2) is 23.6 Å². The van der Waals surface area contributed by atoms with E-state index in [0.717, 1.165) is 12.4 Å². The van der Waals surface area contributed by atoms with Crippen molar-refractivity contribution in [3.05, 3.63) is 23.9 Å². The van der Waals surface area contributed by atoms with Gasteiger partial charge >= 0.3 is 0 Å². The smallest absolute Gasteiger partial charge is 0.131 e. The van der Waals surface area contributed by atoms with Crippen molar-refractivity contribution in [3.8, 4) is 0 Å². The van der Waals surface area contributed by atoms with Crippen LogP contribution < -0.4 is 10.6 Å². The first-order valence-electron chi connectivity index (χ1n) is 6.14. The second kappa shape index (κ2) is 4.83. The maximum absolute atomic E-state index is 5.87. The number of anilines is 1. The summed E-state index contributed by atoms with van der Waals surface area (Å²) in [6.07, 6.45) is 5.59. The molecule has 2 atom stereocenters. The summed E-state index contributed by atoms with van der Waals surface area (Å²) < 4.78 is 0. The van der Waals surface area contributed by atoms with Crippen molar-refractivity contribution in [1.82, 2.24) is 4.98 Å². The largest absolute Gasteiger partial charge is 0.349 e. The van der Waals surface area contributed by atoms with Crippen LogP contribution in [0.5, 0.6) is 0 Å². The predicted molar refractivity (Wildman–Crippen MR) is 67.6 cm³/mol. The lowest BCUT2D eigenvalue weighted by Gasteiger charge is -2.41. The second-order valence-corrected chi connectivity index (χ2v) is 4.72. The maximum atomic E-state index is 5.87. The van der Waals surface area contributed by atoms with Gasteiger partial charge in [0.05, 0.1) is 0 Å². The minimum Gasteiger partial charge on any atom is -0.349 e. The number of rotatable bonds is 2. The lowest BCUT2D eigenvalue weighted by atomic mass is 9.96. The van der Waals surface area contributed by atoms with E-state index in [-0.39, 0.29) is 0 Å². The Hall–Kier alpha value is -1.09. The molecular formula is C13H21N3. The number of aromatic nitrogens is 1. The van der Waals surface area contributed by atoms with E-state index >= 15 is 0 Å². The molecule has 0 spiro atoms. The molecule has 1 aliphatic heterocycles. The monoisotopic (exact) mass is 219 g/mol. The third kappa shape index (κ3) is 2.05. The highest BCUT2D eigenvalue weighted by Crippen LogP contribution is 2.29. The molecule has 0 radical (unpaired) electrons. The minimum atomic E-state index is 0.456. The molecule has 0 bridgehead atoms. The lowest BCUT2D eigenvalue weighted by molar-refractivity contribution is 0.397. The molecule has 2 heterocycles. The fourth-order valence-corrected chi connectivity index (χ4v) is 2.65. The van der Waals surface area contributed by atoms with E-state index in [9.17, 15) is 0 Å². The Bertz CT molecular complexity index is 351. The van der Waals surface area contributed by atoms with Crippen molar-refractivity contribution in [3.63, 3.8) is 0 Å². The van der Waals surface area contributed by atoms with Gasteiger partial charge in [-0.1, -0.05) is 6.07 Å². The first-order valence-corrected chi connectivity index (χ1v) is 6.14. The van der Waals surface area contributed by atoms with Crippen molar-refractivity contribution in [2.75, 3.05) is 11.4 Å². The van der Waals surface area contributed by atoms with Gasteiger partial charge < -0.3 is 10.6 Å². The van der Waals surface area contributed by atoms with Gasteiger partial charge in [-0.05, 0) is 44.7 Å². The van der Waals surface area contributed by atoms with E-state index in [2.05, 4.69) is 29.8 Å².